The van der Waals surface area contributed by atoms with Crippen LogP contribution in [0.4, 0.5) is 0 Å². The number of likely N-dealkylation sites (tertiary alicyclic amines) is 3. The number of amides is 10. The van der Waals surface area contributed by atoms with E-state index in [2.05, 4.69) is 31.9 Å². The maximum Gasteiger partial charge on any atom is 0.325 e. The van der Waals surface area contributed by atoms with Gasteiger partial charge in [-0.05, 0) is 90.4 Å². The Kier molecular flexibility index (Phi) is 22.8. The molecule has 0 aromatic heterocycles. The first-order chi connectivity index (χ1) is 33.7. The second-order valence-electron chi connectivity index (χ2n) is 19.6. The van der Waals surface area contributed by atoms with Crippen LogP contribution in [0.1, 0.15) is 119 Å². The monoisotopic (exact) mass is 1020 g/mol. The molecule has 13 N–H and O–H groups in total. The van der Waals surface area contributed by atoms with Crippen LogP contribution in [0, 0.1) is 11.8 Å². The highest BCUT2D eigenvalue weighted by molar-refractivity contribution is 5.99. The first kappa shape index (κ1) is 59.9. The largest absolute Gasteiger partial charge is 0.481 e. The summed E-state index contributed by atoms with van der Waals surface area (Å²) in [4.78, 5) is 161. The number of aliphatic hydroxyl groups is 1. The fourth-order valence-corrected chi connectivity index (χ4v) is 8.92. The van der Waals surface area contributed by atoms with E-state index in [-0.39, 0.29) is 70.5 Å². The number of nitrogens with one attached hydrogen (secondary N) is 6. The summed E-state index contributed by atoms with van der Waals surface area (Å²) in [6.07, 6.45) is -1.14. The molecule has 3 heterocycles. The third kappa shape index (κ3) is 16.8. The van der Waals surface area contributed by atoms with Crippen molar-refractivity contribution in [2.45, 2.75) is 186 Å². The lowest BCUT2D eigenvalue weighted by molar-refractivity contribution is -0.146. The zero-order valence-corrected chi connectivity index (χ0v) is 42.1. The molecule has 3 fully saturated rings. The van der Waals surface area contributed by atoms with Crippen molar-refractivity contribution in [3.63, 3.8) is 0 Å². The van der Waals surface area contributed by atoms with E-state index in [0.717, 1.165) is 4.90 Å². The molecule has 26 heteroatoms. The van der Waals surface area contributed by atoms with E-state index in [1.807, 2.05) is 13.8 Å². The maximum absolute atomic E-state index is 14.0. The Labute approximate surface area is 418 Å². The molecule has 0 aromatic carbocycles. The number of nitrogens with two attached hydrogens (primary N) is 2. The summed E-state index contributed by atoms with van der Waals surface area (Å²) in [6, 6.07) is -12.5. The number of carboxylic acids is 2. The van der Waals surface area contributed by atoms with Gasteiger partial charge in [0.2, 0.25) is 59.1 Å². The van der Waals surface area contributed by atoms with E-state index < -0.39 is 150 Å². The molecule has 11 atom stereocenters. The van der Waals surface area contributed by atoms with E-state index in [9.17, 15) is 72.9 Å². The number of carbonyl (C=O) groups excluding carboxylic acids is 10. The van der Waals surface area contributed by atoms with Crippen LogP contribution in [0.2, 0.25) is 0 Å². The van der Waals surface area contributed by atoms with Gasteiger partial charge in [0, 0.05) is 32.5 Å². The number of hydrogen-bond acceptors (Lipinski definition) is 14. The van der Waals surface area contributed by atoms with Crippen LogP contribution < -0.4 is 43.4 Å². The quantitative estimate of drug-likeness (QED) is 0.0401. The number of carbonyl (C=O) groups is 12. The smallest absolute Gasteiger partial charge is 0.325 e. The average molecular weight is 1020 g/mol. The molecule has 72 heavy (non-hydrogen) atoms. The number of aliphatic hydroxyl groups excluding tert-OH is 1. The molecule has 3 rings (SSSR count). The Morgan fingerprint density at radius 1 is 0.542 bits per heavy atom. The molecular weight excluding hydrogens is 947 g/mol. The molecule has 0 aliphatic carbocycles. The van der Waals surface area contributed by atoms with E-state index >= 15 is 0 Å². The van der Waals surface area contributed by atoms with Gasteiger partial charge in [0.25, 0.3) is 0 Å². The Bertz CT molecular complexity index is 2040. The molecule has 26 nitrogen and oxygen atoms in total. The van der Waals surface area contributed by atoms with E-state index in [4.69, 9.17) is 11.5 Å². The topological polar surface area (TPSA) is 399 Å². The number of carboxylic acid groups (broad SMARTS) is 2. The van der Waals surface area contributed by atoms with Crippen LogP contribution >= 0.6 is 0 Å². The third-order valence-electron chi connectivity index (χ3n) is 12.9. The van der Waals surface area contributed by atoms with Crippen molar-refractivity contribution < 1.29 is 72.9 Å². The molecule has 3 saturated heterocycles. The normalized spacial score (nSPS) is 21.0. The van der Waals surface area contributed by atoms with Crippen molar-refractivity contribution in [1.29, 1.82) is 0 Å². The third-order valence-corrected chi connectivity index (χ3v) is 12.9. The highest BCUT2D eigenvalue weighted by Gasteiger charge is 2.44. The van der Waals surface area contributed by atoms with Crippen molar-refractivity contribution in [1.82, 2.24) is 46.6 Å². The molecule has 0 saturated carbocycles. The molecule has 0 radical (unpaired) electrons. The van der Waals surface area contributed by atoms with Gasteiger partial charge in [-0.15, -0.1) is 0 Å². The van der Waals surface area contributed by atoms with E-state index in [1.165, 1.54) is 30.6 Å². The summed E-state index contributed by atoms with van der Waals surface area (Å²) >= 11 is 0. The molecular formula is C46H75N11O15. The van der Waals surface area contributed by atoms with Crippen molar-refractivity contribution in [2.24, 2.45) is 23.3 Å². The summed E-state index contributed by atoms with van der Waals surface area (Å²) in [5, 5.41) is 44.3. The lowest BCUT2D eigenvalue weighted by Crippen LogP contribution is -2.61. The summed E-state index contributed by atoms with van der Waals surface area (Å²) in [5.41, 5.74) is 11.4. The first-order valence-corrected chi connectivity index (χ1v) is 24.6. The fraction of sp³-hybridized carbons (Fsp3) is 0.739. The van der Waals surface area contributed by atoms with Crippen LogP contribution in [-0.2, 0) is 57.5 Å². The molecule has 0 bridgehead atoms. The minimum absolute atomic E-state index is 0.0242. The van der Waals surface area contributed by atoms with Gasteiger partial charge in [0.1, 0.15) is 54.4 Å². The molecule has 3 aliphatic heterocycles. The van der Waals surface area contributed by atoms with Gasteiger partial charge < -0.3 is 73.4 Å². The molecule has 3 aliphatic rings. The highest BCUT2D eigenvalue weighted by Crippen LogP contribution is 2.24. The summed E-state index contributed by atoms with van der Waals surface area (Å²) in [7, 11) is 0. The van der Waals surface area contributed by atoms with E-state index in [1.54, 1.807) is 13.8 Å². The zero-order chi connectivity index (χ0) is 54.3. The molecule has 0 aromatic rings. The molecule has 0 unspecified atom stereocenters. The Morgan fingerprint density at radius 3 is 1.39 bits per heavy atom. The van der Waals surface area contributed by atoms with Gasteiger partial charge in [-0.25, -0.2) is 0 Å². The summed E-state index contributed by atoms with van der Waals surface area (Å²) in [6.45, 7) is 11.1. The first-order valence-electron chi connectivity index (χ1n) is 24.6. The zero-order valence-electron chi connectivity index (χ0n) is 42.1. The van der Waals surface area contributed by atoms with Crippen molar-refractivity contribution in [3.05, 3.63) is 0 Å². The van der Waals surface area contributed by atoms with Crippen molar-refractivity contribution in [2.75, 3.05) is 19.6 Å². The predicted octanol–water partition coefficient (Wildman–Crippen LogP) is -3.47. The van der Waals surface area contributed by atoms with Gasteiger partial charge in [-0.3, -0.25) is 57.5 Å². The van der Waals surface area contributed by atoms with Crippen LogP contribution in [-0.4, -0.2) is 187 Å². The second kappa shape index (κ2) is 27.4. The van der Waals surface area contributed by atoms with Gasteiger partial charge in [0.15, 0.2) is 0 Å². The maximum atomic E-state index is 14.0. The summed E-state index contributed by atoms with van der Waals surface area (Å²) < 4.78 is 0. The lowest BCUT2D eigenvalue weighted by atomic mass is 10.0. The molecule has 10 amide bonds. The second-order valence-corrected chi connectivity index (χ2v) is 19.6. The van der Waals surface area contributed by atoms with Crippen LogP contribution in [0.3, 0.4) is 0 Å². The van der Waals surface area contributed by atoms with Crippen molar-refractivity contribution in [3.8, 4) is 0 Å². The number of nitrogens with zero attached hydrogens (tertiary/aromatic N) is 3. The van der Waals surface area contributed by atoms with Crippen LogP contribution in [0.15, 0.2) is 0 Å². The van der Waals surface area contributed by atoms with Crippen molar-refractivity contribution >= 4 is 71.0 Å². The Hall–Kier alpha value is -6.44. The van der Waals surface area contributed by atoms with Gasteiger partial charge >= 0.3 is 11.9 Å². The van der Waals surface area contributed by atoms with E-state index in [0.29, 0.717) is 19.3 Å². The number of primary amides is 1. The Balaban J connectivity index is 1.72. The number of hydrogen-bond donors (Lipinski definition) is 11. The predicted molar refractivity (Wildman–Crippen MR) is 254 cm³/mol. The highest BCUT2D eigenvalue weighted by atomic mass is 16.4. The average Bonchev–Trinajstić information content (AvgIpc) is 4.11. The minimum Gasteiger partial charge on any atom is -0.481 e. The number of aliphatic carboxylic acids is 2. The molecule has 404 valence electrons. The number of rotatable bonds is 26. The Morgan fingerprint density at radius 2 is 0.958 bits per heavy atom. The standard InChI is InChI=1S/C46H75N11O15/c1-22(2)21-27(47)37(62)51-29(15-17-34(60)61)39(64)54-36(26(7)58)45(70)57-20-10-11-30(57)40(65)49-24(5)43(68)55-18-8-13-32(55)42(67)52-28(14-16-33(48)59)38(63)53-35(23(3)4)44(69)56-19-9-12-31(56)41(66)50-25(6)46(71)72/h22-32,35-36,58H,8-21,47H2,1-7H3,(H2,48,59)(H,49,65)(H,50,66)(H,51,62)(H,52,67)(H,53,63)(H,54,64)(H,60,61)(H,71,72)/t24-,25-,26+,27-,28-,29-,30-,31-,32-,35-,36-/m0/s1. The van der Waals surface area contributed by atoms with Gasteiger partial charge in [-0.2, -0.15) is 0 Å². The molecule has 0 spiro atoms. The van der Waals surface area contributed by atoms with Gasteiger partial charge in [0.05, 0.1) is 12.1 Å². The lowest BCUT2D eigenvalue weighted by Gasteiger charge is -2.33. The minimum atomic E-state index is -1.64. The van der Waals surface area contributed by atoms with Crippen LogP contribution in [0.5, 0.6) is 0 Å². The van der Waals surface area contributed by atoms with Gasteiger partial charge in [-0.1, -0.05) is 27.7 Å². The van der Waals surface area contributed by atoms with Crippen LogP contribution in [0.25, 0.3) is 0 Å². The SMILES string of the molecule is CC(C)C[C@H](N)C(=O)N[C@@H](CCC(=O)O)C(=O)N[C@H](C(=O)N1CCC[C@H]1C(=O)N[C@@H](C)C(=O)N1CCC[C@H]1C(=O)N[C@@H](CCC(N)=O)C(=O)N[C@H](C(=O)N1CCC[C@H]1C(=O)N[C@@H](C)C(=O)O)C(C)C)[C@@H](C)O. The summed E-state index contributed by atoms with van der Waals surface area (Å²) in [5.74, 6) is -10.7. The fourth-order valence-electron chi connectivity index (χ4n) is 8.92.